The van der Waals surface area contributed by atoms with Crippen molar-refractivity contribution in [2.24, 2.45) is 0 Å². The van der Waals surface area contributed by atoms with E-state index < -0.39 is 46.4 Å². The van der Waals surface area contributed by atoms with E-state index >= 15 is 0 Å². The molecule has 0 N–H and O–H groups in total. The molecule has 0 aliphatic carbocycles. The first-order chi connectivity index (χ1) is 38.5. The maximum Gasteiger partial charge on any atom is 0.410 e. The maximum atomic E-state index is 13.8. The molecule has 2 aliphatic heterocycles. The number of amides is 2. The topological polar surface area (TPSA) is 147 Å². The first kappa shape index (κ1) is 56.0. The Hall–Kier alpha value is -8.78. The van der Waals surface area contributed by atoms with Gasteiger partial charge in [-0.15, -0.1) is 0 Å². The Morgan fingerprint density at radius 1 is 0.438 bits per heavy atom. The molecule has 0 saturated heterocycles. The van der Waals surface area contributed by atoms with E-state index in [9.17, 15) is 19.2 Å². The summed E-state index contributed by atoms with van der Waals surface area (Å²) in [6.07, 6.45) is 0.119. The molecular formula is C66H70N6O8. The minimum Gasteiger partial charge on any atom is -0.461 e. The quantitative estimate of drug-likeness (QED) is 0.0658. The number of carbonyl (C=O) groups excluding carboxylic acids is 4. The second kappa shape index (κ2) is 23.7. The van der Waals surface area contributed by atoms with E-state index in [2.05, 4.69) is 72.8 Å². The van der Waals surface area contributed by atoms with Crippen LogP contribution in [-0.4, -0.2) is 91.0 Å². The molecule has 2 amide bonds. The predicted molar refractivity (Wildman–Crippen MR) is 306 cm³/mol. The smallest absolute Gasteiger partial charge is 0.410 e. The predicted octanol–water partition coefficient (Wildman–Crippen LogP) is 12.4. The van der Waals surface area contributed by atoms with Gasteiger partial charge in [0.2, 0.25) is 0 Å². The molecule has 14 heteroatoms. The van der Waals surface area contributed by atoms with Crippen LogP contribution in [0.3, 0.4) is 0 Å². The average Bonchev–Trinajstić information content (AvgIpc) is 4.11. The molecule has 8 aromatic rings. The fourth-order valence-corrected chi connectivity index (χ4v) is 10.9. The summed E-state index contributed by atoms with van der Waals surface area (Å²) < 4.78 is 26.2. The van der Waals surface area contributed by atoms with Crippen LogP contribution in [0.25, 0.3) is 0 Å². The molecular weight excluding hydrogens is 1000 g/mol. The van der Waals surface area contributed by atoms with Gasteiger partial charge in [-0.25, -0.2) is 28.5 Å². The Labute approximate surface area is 468 Å². The van der Waals surface area contributed by atoms with Crippen molar-refractivity contribution < 1.29 is 38.1 Å². The van der Waals surface area contributed by atoms with E-state index in [4.69, 9.17) is 29.1 Å². The van der Waals surface area contributed by atoms with Crippen molar-refractivity contribution in [3.05, 3.63) is 249 Å². The Bertz CT molecular complexity index is 3210. The molecule has 0 spiro atoms. The van der Waals surface area contributed by atoms with Gasteiger partial charge in [0.25, 0.3) is 0 Å². The molecule has 80 heavy (non-hydrogen) atoms. The molecule has 6 aromatic carbocycles. The number of aromatic nitrogens is 4. The fourth-order valence-electron chi connectivity index (χ4n) is 10.9. The standard InChI is InChI=1S/2C33H35N3O4/c1-5-39-30(37)29-27-21-22-35(31(38)40-32(2,3)4)23-28(27)36(34-29)33(24-15-9-6-10-16-24,25-17-11-7-12-18-25)26-19-13-8-14-20-26;1-5-39-30(37)29-27-21-22-35(31(38)40-32(2,3)4)23-28(27)34-36(29)33(24-15-9-6-10-16-24,25-17-11-7-12-18-25)26-19-13-8-14-20-26/h2*6-20H,5,21-23H2,1-4H3. The second-order valence-electron chi connectivity index (χ2n) is 21.7. The molecule has 0 saturated carbocycles. The second-order valence-corrected chi connectivity index (χ2v) is 21.7. The van der Waals surface area contributed by atoms with Gasteiger partial charge in [-0.05, 0) is 102 Å². The molecule has 0 atom stereocenters. The van der Waals surface area contributed by atoms with Gasteiger partial charge >= 0.3 is 24.1 Å². The van der Waals surface area contributed by atoms with Crippen LogP contribution in [-0.2, 0) is 56.0 Å². The van der Waals surface area contributed by atoms with E-state index in [0.717, 1.165) is 50.2 Å². The first-order valence-corrected chi connectivity index (χ1v) is 27.4. The minimum absolute atomic E-state index is 0.234. The molecule has 0 fully saturated rings. The maximum absolute atomic E-state index is 13.8. The summed E-state index contributed by atoms with van der Waals surface area (Å²) in [5.74, 6) is -0.902. The summed E-state index contributed by atoms with van der Waals surface area (Å²) in [5.41, 5.74) is 6.31. The van der Waals surface area contributed by atoms with Crippen molar-refractivity contribution in [3.63, 3.8) is 0 Å². The van der Waals surface area contributed by atoms with Gasteiger partial charge in [0.05, 0.1) is 37.7 Å². The normalized spacial score (nSPS) is 13.4. The van der Waals surface area contributed by atoms with Crippen LogP contribution >= 0.6 is 0 Å². The van der Waals surface area contributed by atoms with Crippen LogP contribution in [0.4, 0.5) is 9.59 Å². The fraction of sp³-hybridized carbons (Fsp3) is 0.303. The molecule has 0 bridgehead atoms. The van der Waals surface area contributed by atoms with Crippen molar-refractivity contribution in [2.75, 3.05) is 26.3 Å². The molecule has 4 heterocycles. The van der Waals surface area contributed by atoms with Crippen molar-refractivity contribution in [2.45, 2.75) is 104 Å². The molecule has 2 aliphatic rings. The van der Waals surface area contributed by atoms with E-state index in [-0.39, 0.29) is 32.0 Å². The van der Waals surface area contributed by atoms with Gasteiger partial charge in [-0.2, -0.15) is 10.2 Å². The van der Waals surface area contributed by atoms with E-state index in [1.54, 1.807) is 23.6 Å². The van der Waals surface area contributed by atoms with Gasteiger partial charge in [0.15, 0.2) is 11.4 Å². The lowest BCUT2D eigenvalue weighted by molar-refractivity contribution is 0.0208. The van der Waals surface area contributed by atoms with Crippen LogP contribution in [0.15, 0.2) is 182 Å². The van der Waals surface area contributed by atoms with Crippen LogP contribution in [0.1, 0.15) is 132 Å². The van der Waals surface area contributed by atoms with Crippen molar-refractivity contribution >= 4 is 24.1 Å². The lowest BCUT2D eigenvalue weighted by atomic mass is 9.76. The third kappa shape index (κ3) is 11.2. The Balaban J connectivity index is 0.000000194. The SMILES string of the molecule is CCOC(=O)c1c2c(nn1C(c1ccccc1)(c1ccccc1)c1ccccc1)CN(C(=O)OC(C)(C)C)CC2.CCOC(=O)c1nn(C(c2ccccc2)(c2ccccc2)c2ccccc2)c2c1CCN(C(=O)OC(C)(C)C)C2. The molecule has 0 radical (unpaired) electrons. The molecule has 2 aromatic heterocycles. The highest BCUT2D eigenvalue weighted by atomic mass is 16.6. The van der Waals surface area contributed by atoms with Gasteiger partial charge in [0, 0.05) is 24.2 Å². The number of carbonyl (C=O) groups is 4. The zero-order chi connectivity index (χ0) is 56.7. The minimum atomic E-state index is -0.986. The van der Waals surface area contributed by atoms with Crippen LogP contribution in [0, 0.1) is 0 Å². The molecule has 0 unspecified atom stereocenters. The summed E-state index contributed by atoms with van der Waals surface area (Å²) in [6.45, 7) is 16.5. The van der Waals surface area contributed by atoms with Gasteiger partial charge in [-0.3, -0.25) is 0 Å². The number of ether oxygens (including phenoxy) is 4. The Morgan fingerprint density at radius 2 is 0.775 bits per heavy atom. The van der Waals surface area contributed by atoms with E-state index in [1.807, 2.05) is 160 Å². The van der Waals surface area contributed by atoms with Crippen LogP contribution in [0.2, 0.25) is 0 Å². The van der Waals surface area contributed by atoms with E-state index in [0.29, 0.717) is 37.3 Å². The number of rotatable bonds is 12. The number of esters is 2. The lowest BCUT2D eigenvalue weighted by Gasteiger charge is -2.39. The van der Waals surface area contributed by atoms with Gasteiger partial charge in [0.1, 0.15) is 22.3 Å². The summed E-state index contributed by atoms with van der Waals surface area (Å²) in [4.78, 5) is 56.6. The summed E-state index contributed by atoms with van der Waals surface area (Å²) in [5, 5.41) is 10.2. The third-order valence-electron chi connectivity index (χ3n) is 14.1. The van der Waals surface area contributed by atoms with Crippen molar-refractivity contribution in [3.8, 4) is 0 Å². The number of fused-ring (bicyclic) bond motifs is 2. The number of hydrogen-bond donors (Lipinski definition) is 0. The molecule has 412 valence electrons. The average molecular weight is 1080 g/mol. The summed E-state index contributed by atoms with van der Waals surface area (Å²) in [7, 11) is 0. The van der Waals surface area contributed by atoms with Crippen molar-refractivity contribution in [1.82, 2.24) is 29.4 Å². The summed E-state index contributed by atoms with van der Waals surface area (Å²) in [6, 6.07) is 60.7. The monoisotopic (exact) mass is 1070 g/mol. The van der Waals surface area contributed by atoms with Crippen LogP contribution < -0.4 is 0 Å². The number of nitrogens with zero attached hydrogens (tertiary/aromatic N) is 6. The lowest BCUT2D eigenvalue weighted by Crippen LogP contribution is -2.44. The van der Waals surface area contributed by atoms with Crippen LogP contribution in [0.5, 0.6) is 0 Å². The molecule has 10 rings (SSSR count). The largest absolute Gasteiger partial charge is 0.461 e. The number of benzene rings is 6. The summed E-state index contributed by atoms with van der Waals surface area (Å²) >= 11 is 0. The zero-order valence-electron chi connectivity index (χ0n) is 46.9. The van der Waals surface area contributed by atoms with Gasteiger partial charge in [-0.1, -0.05) is 182 Å². The third-order valence-corrected chi connectivity index (χ3v) is 14.1. The van der Waals surface area contributed by atoms with E-state index in [1.165, 1.54) is 0 Å². The Kier molecular flexibility index (Phi) is 16.6. The van der Waals surface area contributed by atoms with Gasteiger partial charge < -0.3 is 28.7 Å². The van der Waals surface area contributed by atoms with Crippen molar-refractivity contribution in [1.29, 1.82) is 0 Å². The zero-order valence-corrected chi connectivity index (χ0v) is 46.9. The highest BCUT2D eigenvalue weighted by molar-refractivity contribution is 5.91. The first-order valence-electron chi connectivity index (χ1n) is 27.4. The Morgan fingerprint density at radius 3 is 1.14 bits per heavy atom. The highest BCUT2D eigenvalue weighted by Crippen LogP contribution is 2.45. The molecule has 14 nitrogen and oxygen atoms in total. The number of hydrogen-bond acceptors (Lipinski definition) is 10. The highest BCUT2D eigenvalue weighted by Gasteiger charge is 2.47.